The molecule has 1 aromatic rings. The van der Waals surface area contributed by atoms with Gasteiger partial charge in [0.1, 0.15) is 5.71 Å². The van der Waals surface area contributed by atoms with Gasteiger partial charge in [0.25, 0.3) is 0 Å². The van der Waals surface area contributed by atoms with Crippen LogP contribution in [0.25, 0.3) is 0 Å². The van der Waals surface area contributed by atoms with Crippen molar-refractivity contribution in [3.05, 3.63) is 83.7 Å². The van der Waals surface area contributed by atoms with Crippen LogP contribution in [0.3, 0.4) is 0 Å². The zero-order valence-electron chi connectivity index (χ0n) is 12.3. The van der Waals surface area contributed by atoms with E-state index in [0.717, 1.165) is 17.7 Å². The molecule has 4 heteroatoms. The van der Waals surface area contributed by atoms with Gasteiger partial charge in [-0.15, -0.1) is 0 Å². The topological polar surface area (TPSA) is 41.9 Å². The number of benzene rings is 1. The summed E-state index contributed by atoms with van der Waals surface area (Å²) < 4.78 is 0. The fourth-order valence-electron chi connectivity index (χ4n) is 2.20. The average molecular weight is 292 g/mol. The van der Waals surface area contributed by atoms with Crippen LogP contribution in [-0.4, -0.2) is 23.1 Å². The number of rotatable bonds is 3. The number of oxime groups is 1. The predicted molar refractivity (Wildman–Crippen MR) is 85.9 cm³/mol. The van der Waals surface area contributed by atoms with Crippen molar-refractivity contribution in [3.63, 3.8) is 0 Å². The summed E-state index contributed by atoms with van der Waals surface area (Å²) in [5.41, 5.74) is 2.93. The Morgan fingerprint density at radius 2 is 1.86 bits per heavy atom. The van der Waals surface area contributed by atoms with Crippen LogP contribution in [0, 0.1) is 0 Å². The standard InChI is InChI=1S/C18H16N2O2/c1-2-20-12-10-14(11-13-20)8-9-16-17(19-22-18(16)21)15-6-4-3-5-7-15/h3-13H,2H2,1H3. The third-order valence-corrected chi connectivity index (χ3v) is 3.47. The molecule has 0 unspecified atom stereocenters. The van der Waals surface area contributed by atoms with Crippen molar-refractivity contribution >= 4 is 11.7 Å². The maximum absolute atomic E-state index is 11.9. The maximum atomic E-state index is 11.9. The van der Waals surface area contributed by atoms with E-state index in [1.54, 1.807) is 6.08 Å². The number of hydrogen-bond acceptors (Lipinski definition) is 4. The van der Waals surface area contributed by atoms with Crippen LogP contribution in [0.1, 0.15) is 12.5 Å². The molecule has 0 N–H and O–H groups in total. The molecule has 110 valence electrons. The van der Waals surface area contributed by atoms with E-state index >= 15 is 0 Å². The van der Waals surface area contributed by atoms with Crippen molar-refractivity contribution in [1.29, 1.82) is 0 Å². The van der Waals surface area contributed by atoms with Gasteiger partial charge in [-0.25, -0.2) is 4.79 Å². The normalized spacial score (nSPS) is 18.7. The smallest absolute Gasteiger partial charge is 0.354 e. The molecule has 4 nitrogen and oxygen atoms in total. The van der Waals surface area contributed by atoms with Gasteiger partial charge >= 0.3 is 5.97 Å². The van der Waals surface area contributed by atoms with Gasteiger partial charge < -0.3 is 9.74 Å². The Kier molecular flexibility index (Phi) is 4.01. The maximum Gasteiger partial charge on any atom is 0.368 e. The van der Waals surface area contributed by atoms with Crippen molar-refractivity contribution in [2.75, 3.05) is 6.54 Å². The van der Waals surface area contributed by atoms with Gasteiger partial charge in [0.15, 0.2) is 0 Å². The molecular weight excluding hydrogens is 276 g/mol. The lowest BCUT2D eigenvalue weighted by molar-refractivity contribution is -0.136. The first-order chi connectivity index (χ1) is 10.8. The van der Waals surface area contributed by atoms with Crippen LogP contribution in [0.4, 0.5) is 0 Å². The zero-order valence-corrected chi connectivity index (χ0v) is 12.3. The lowest BCUT2D eigenvalue weighted by Crippen LogP contribution is -2.10. The fourth-order valence-corrected chi connectivity index (χ4v) is 2.20. The van der Waals surface area contributed by atoms with E-state index in [2.05, 4.69) is 17.0 Å². The molecule has 0 bridgehead atoms. The van der Waals surface area contributed by atoms with Crippen LogP contribution < -0.4 is 0 Å². The minimum atomic E-state index is -0.422. The molecule has 1 aromatic carbocycles. The number of hydrogen-bond donors (Lipinski definition) is 0. The molecule has 0 saturated carbocycles. The summed E-state index contributed by atoms with van der Waals surface area (Å²) >= 11 is 0. The van der Waals surface area contributed by atoms with Crippen molar-refractivity contribution < 1.29 is 9.63 Å². The second kappa shape index (κ2) is 6.26. The van der Waals surface area contributed by atoms with E-state index in [9.17, 15) is 4.79 Å². The monoisotopic (exact) mass is 292 g/mol. The zero-order chi connectivity index (χ0) is 15.4. The molecule has 2 heterocycles. The molecule has 0 radical (unpaired) electrons. The summed E-state index contributed by atoms with van der Waals surface area (Å²) in [5, 5.41) is 3.88. The second-order valence-electron chi connectivity index (χ2n) is 4.89. The Hall–Kier alpha value is -2.88. The highest BCUT2D eigenvalue weighted by molar-refractivity contribution is 6.28. The Labute approximate surface area is 129 Å². The number of carbonyl (C=O) groups excluding carboxylic acids is 1. The summed E-state index contributed by atoms with van der Waals surface area (Å²) in [6.07, 6.45) is 11.7. The van der Waals surface area contributed by atoms with Crippen LogP contribution in [0.15, 0.2) is 83.3 Å². The molecule has 2 aliphatic rings. The van der Waals surface area contributed by atoms with Crippen molar-refractivity contribution in [2.45, 2.75) is 6.92 Å². The molecule has 0 aliphatic carbocycles. The van der Waals surface area contributed by atoms with Crippen molar-refractivity contribution in [1.82, 2.24) is 4.90 Å². The van der Waals surface area contributed by atoms with Crippen LogP contribution >= 0.6 is 0 Å². The van der Waals surface area contributed by atoms with Crippen molar-refractivity contribution in [2.24, 2.45) is 5.16 Å². The molecule has 3 rings (SSSR count). The Morgan fingerprint density at radius 3 is 2.55 bits per heavy atom. The molecular formula is C18H16N2O2. The third-order valence-electron chi connectivity index (χ3n) is 3.47. The van der Waals surface area contributed by atoms with E-state index in [1.807, 2.05) is 61.0 Å². The number of nitrogens with zero attached hydrogens (tertiary/aromatic N) is 2. The summed E-state index contributed by atoms with van der Waals surface area (Å²) in [6, 6.07) is 9.54. The van der Waals surface area contributed by atoms with Gasteiger partial charge in [-0.1, -0.05) is 41.6 Å². The molecule has 0 fully saturated rings. The second-order valence-corrected chi connectivity index (χ2v) is 4.89. The van der Waals surface area contributed by atoms with E-state index in [0.29, 0.717) is 11.3 Å². The van der Waals surface area contributed by atoms with Gasteiger partial charge in [0.05, 0.1) is 5.57 Å². The minimum Gasteiger partial charge on any atom is -0.354 e. The van der Waals surface area contributed by atoms with Gasteiger partial charge in [0, 0.05) is 24.5 Å². The molecule has 0 aromatic heterocycles. The van der Waals surface area contributed by atoms with E-state index < -0.39 is 5.97 Å². The molecule has 2 aliphatic heterocycles. The summed E-state index contributed by atoms with van der Waals surface area (Å²) in [6.45, 7) is 3.01. The van der Waals surface area contributed by atoms with Gasteiger partial charge in [0.2, 0.25) is 0 Å². The summed E-state index contributed by atoms with van der Waals surface area (Å²) in [5.74, 6) is -0.422. The Bertz CT molecular complexity index is 709. The molecule has 0 atom stereocenters. The third kappa shape index (κ3) is 2.91. The first-order valence-electron chi connectivity index (χ1n) is 7.17. The highest BCUT2D eigenvalue weighted by Gasteiger charge is 2.25. The highest BCUT2D eigenvalue weighted by Crippen LogP contribution is 2.19. The largest absolute Gasteiger partial charge is 0.368 e. The van der Waals surface area contributed by atoms with Crippen molar-refractivity contribution in [3.8, 4) is 0 Å². The lowest BCUT2D eigenvalue weighted by atomic mass is 10.0. The number of carbonyl (C=O) groups is 1. The first-order valence-corrected chi connectivity index (χ1v) is 7.17. The lowest BCUT2D eigenvalue weighted by Gasteiger charge is -2.15. The molecule has 0 saturated heterocycles. The predicted octanol–water partition coefficient (Wildman–Crippen LogP) is 3.16. The van der Waals surface area contributed by atoms with E-state index in [4.69, 9.17) is 4.84 Å². The molecule has 0 spiro atoms. The number of allylic oxidation sites excluding steroid dienone is 5. The van der Waals surface area contributed by atoms with Gasteiger partial charge in [-0.3, -0.25) is 0 Å². The molecule has 0 amide bonds. The van der Waals surface area contributed by atoms with Crippen LogP contribution in [-0.2, 0) is 9.63 Å². The van der Waals surface area contributed by atoms with E-state index in [-0.39, 0.29) is 0 Å². The van der Waals surface area contributed by atoms with E-state index in [1.165, 1.54) is 0 Å². The first kappa shape index (κ1) is 14.1. The summed E-state index contributed by atoms with van der Waals surface area (Å²) in [4.78, 5) is 18.7. The quantitative estimate of drug-likeness (QED) is 0.635. The summed E-state index contributed by atoms with van der Waals surface area (Å²) in [7, 11) is 0. The average Bonchev–Trinajstić information content (AvgIpc) is 2.95. The van der Waals surface area contributed by atoms with Gasteiger partial charge in [-0.2, -0.15) is 0 Å². The minimum absolute atomic E-state index is 0.422. The van der Waals surface area contributed by atoms with Gasteiger partial charge in [-0.05, 0) is 30.7 Å². The van der Waals surface area contributed by atoms with Crippen LogP contribution in [0.5, 0.6) is 0 Å². The fraction of sp³-hybridized carbons (Fsp3) is 0.111. The highest BCUT2D eigenvalue weighted by atomic mass is 16.7. The Morgan fingerprint density at radius 1 is 1.14 bits per heavy atom. The van der Waals surface area contributed by atoms with Crippen LogP contribution in [0.2, 0.25) is 0 Å². The molecule has 22 heavy (non-hydrogen) atoms. The Balaban J connectivity index is 1.85. The SMILES string of the molecule is CCN1C=CC(=CC=C2C(=O)ON=C2c2ccccc2)C=C1.